The van der Waals surface area contributed by atoms with E-state index in [0.29, 0.717) is 0 Å². The van der Waals surface area contributed by atoms with Crippen LogP contribution < -0.4 is 0 Å². The zero-order valence-corrected chi connectivity index (χ0v) is 16.0. The Morgan fingerprint density at radius 2 is 1.57 bits per heavy atom. The Bertz CT molecular complexity index is 638. The first-order chi connectivity index (χ1) is 10.5. The first kappa shape index (κ1) is 19.2. The largest absolute Gasteiger partial charge is 0.0985 e. The lowest BCUT2D eigenvalue weighted by Gasteiger charge is -2.23. The fraction of sp³-hybridized carbons (Fsp3) is 0.391. The molecular weight excluding hydrogens is 276 g/mol. The predicted octanol–water partition coefficient (Wildman–Crippen LogP) is 7.19. The van der Waals surface area contributed by atoms with Gasteiger partial charge >= 0.3 is 0 Å². The van der Waals surface area contributed by atoms with E-state index in [1.165, 1.54) is 16.7 Å². The molecule has 0 N–H and O–H groups in total. The minimum Gasteiger partial charge on any atom is -0.0985 e. The molecule has 124 valence electrons. The molecule has 0 radical (unpaired) electrons. The molecule has 0 spiro atoms. The van der Waals surface area contributed by atoms with Gasteiger partial charge in [-0.05, 0) is 51.7 Å². The van der Waals surface area contributed by atoms with Crippen LogP contribution >= 0.6 is 0 Å². The second kappa shape index (κ2) is 7.17. The third-order valence-corrected chi connectivity index (χ3v) is 4.10. The van der Waals surface area contributed by atoms with Gasteiger partial charge in [0.1, 0.15) is 0 Å². The number of rotatable bonds is 4. The number of benzene rings is 1. The van der Waals surface area contributed by atoms with Crippen LogP contribution in [0.4, 0.5) is 0 Å². The molecule has 0 atom stereocenters. The molecule has 1 aromatic rings. The summed E-state index contributed by atoms with van der Waals surface area (Å²) in [5.41, 5.74) is 6.36. The molecule has 0 aliphatic carbocycles. The van der Waals surface area contributed by atoms with Gasteiger partial charge in [0.15, 0.2) is 0 Å². The van der Waals surface area contributed by atoms with Gasteiger partial charge in [-0.25, -0.2) is 0 Å². The highest BCUT2D eigenvalue weighted by atomic mass is 14.2. The Balaban J connectivity index is 3.53. The van der Waals surface area contributed by atoms with Crippen molar-refractivity contribution < 1.29 is 0 Å². The Labute approximate surface area is 143 Å². The highest BCUT2D eigenvalue weighted by Crippen LogP contribution is 2.32. The second-order valence-electron chi connectivity index (χ2n) is 8.10. The summed E-state index contributed by atoms with van der Waals surface area (Å²) in [6, 6.07) is 6.68. The van der Waals surface area contributed by atoms with Crippen LogP contribution in [0.1, 0.15) is 65.2 Å². The van der Waals surface area contributed by atoms with Crippen molar-refractivity contribution in [1.29, 1.82) is 0 Å². The van der Waals surface area contributed by atoms with E-state index in [1.807, 2.05) is 12.2 Å². The van der Waals surface area contributed by atoms with Gasteiger partial charge in [0.2, 0.25) is 0 Å². The van der Waals surface area contributed by atoms with Gasteiger partial charge in [0.25, 0.3) is 0 Å². The van der Waals surface area contributed by atoms with Crippen LogP contribution in [0.5, 0.6) is 0 Å². The third-order valence-electron chi connectivity index (χ3n) is 4.10. The Hall–Kier alpha value is -1.82. The van der Waals surface area contributed by atoms with E-state index < -0.39 is 0 Å². The summed E-state index contributed by atoms with van der Waals surface area (Å²) >= 11 is 0. The molecule has 0 unspecified atom stereocenters. The molecule has 0 nitrogen and oxygen atoms in total. The van der Waals surface area contributed by atoms with Gasteiger partial charge in [-0.1, -0.05) is 91.1 Å². The average molecular weight is 309 g/mol. The Kier molecular flexibility index (Phi) is 5.99. The molecule has 0 bridgehead atoms. The fourth-order valence-corrected chi connectivity index (χ4v) is 2.53. The first-order valence-electron chi connectivity index (χ1n) is 8.32. The summed E-state index contributed by atoms with van der Waals surface area (Å²) in [5, 5.41) is 0. The molecular formula is C23H32. The van der Waals surface area contributed by atoms with Crippen molar-refractivity contribution >= 4 is 11.6 Å². The van der Waals surface area contributed by atoms with E-state index in [0.717, 1.165) is 11.1 Å². The normalized spacial score (nSPS) is 13.9. The fourth-order valence-electron chi connectivity index (χ4n) is 2.53. The van der Waals surface area contributed by atoms with E-state index in [1.54, 1.807) is 0 Å². The van der Waals surface area contributed by atoms with Gasteiger partial charge in [-0.3, -0.25) is 0 Å². The van der Waals surface area contributed by atoms with E-state index in [9.17, 15) is 0 Å². The molecule has 0 aliphatic rings. The average Bonchev–Trinajstić information content (AvgIpc) is 2.45. The summed E-state index contributed by atoms with van der Waals surface area (Å²) in [5.74, 6) is 0. The van der Waals surface area contributed by atoms with Crippen LogP contribution in [0.15, 0.2) is 55.2 Å². The molecule has 0 heterocycles. The summed E-state index contributed by atoms with van der Waals surface area (Å²) < 4.78 is 0. The van der Waals surface area contributed by atoms with Gasteiger partial charge in [0.05, 0.1) is 0 Å². The summed E-state index contributed by atoms with van der Waals surface area (Å²) in [4.78, 5) is 0. The van der Waals surface area contributed by atoms with Crippen LogP contribution in [-0.2, 0) is 5.41 Å². The number of allylic oxidation sites excluding steroid dienone is 5. The van der Waals surface area contributed by atoms with Crippen molar-refractivity contribution in [2.24, 2.45) is 5.41 Å². The van der Waals surface area contributed by atoms with Crippen LogP contribution in [-0.4, -0.2) is 0 Å². The lowest BCUT2D eigenvalue weighted by Crippen LogP contribution is -2.12. The minimum absolute atomic E-state index is 0.105. The zero-order chi connectivity index (χ0) is 17.8. The van der Waals surface area contributed by atoms with Gasteiger partial charge in [0, 0.05) is 0 Å². The second-order valence-corrected chi connectivity index (χ2v) is 8.10. The van der Waals surface area contributed by atoms with Crippen LogP contribution in [0, 0.1) is 5.41 Å². The molecule has 0 fully saturated rings. The highest BCUT2D eigenvalue weighted by Gasteiger charge is 2.17. The molecule has 0 aromatic heterocycles. The molecule has 1 rings (SSSR count). The van der Waals surface area contributed by atoms with E-state index in [4.69, 9.17) is 0 Å². The monoisotopic (exact) mass is 308 g/mol. The van der Waals surface area contributed by atoms with Crippen LogP contribution in [0.3, 0.4) is 0 Å². The van der Waals surface area contributed by atoms with Crippen LogP contribution in [0.25, 0.3) is 11.6 Å². The Morgan fingerprint density at radius 1 is 0.957 bits per heavy atom. The van der Waals surface area contributed by atoms with Gasteiger partial charge in [-0.15, -0.1) is 0 Å². The SMILES string of the molecule is C=C/C(=C\C(=C/C)C(C)(C)C)c1cc(C=C)cc(C(C)(C)C)c1. The Morgan fingerprint density at radius 3 is 1.96 bits per heavy atom. The predicted molar refractivity (Wildman–Crippen MR) is 107 cm³/mol. The third kappa shape index (κ3) is 5.10. The summed E-state index contributed by atoms with van der Waals surface area (Å²) in [6.07, 6.45) is 8.30. The summed E-state index contributed by atoms with van der Waals surface area (Å²) in [7, 11) is 0. The van der Waals surface area contributed by atoms with Crippen molar-refractivity contribution in [3.8, 4) is 0 Å². The quantitative estimate of drug-likeness (QED) is 0.516. The number of hydrogen-bond acceptors (Lipinski definition) is 0. The van der Waals surface area contributed by atoms with E-state index >= 15 is 0 Å². The highest BCUT2D eigenvalue weighted by molar-refractivity contribution is 5.77. The molecule has 0 saturated carbocycles. The lowest BCUT2D eigenvalue weighted by atomic mass is 9.82. The molecule has 1 aromatic carbocycles. The number of hydrogen-bond donors (Lipinski definition) is 0. The van der Waals surface area contributed by atoms with Gasteiger partial charge in [-0.2, -0.15) is 0 Å². The topological polar surface area (TPSA) is 0 Å². The maximum Gasteiger partial charge on any atom is -0.0131 e. The smallest absolute Gasteiger partial charge is 0.0131 e. The van der Waals surface area contributed by atoms with Gasteiger partial charge < -0.3 is 0 Å². The zero-order valence-electron chi connectivity index (χ0n) is 16.0. The van der Waals surface area contributed by atoms with E-state index in [2.05, 4.69) is 92.0 Å². The lowest BCUT2D eigenvalue weighted by molar-refractivity contribution is 0.516. The van der Waals surface area contributed by atoms with Crippen LogP contribution in [0.2, 0.25) is 0 Å². The first-order valence-corrected chi connectivity index (χ1v) is 8.32. The summed E-state index contributed by atoms with van der Waals surface area (Å²) in [6.45, 7) is 23.5. The molecule has 0 heteroatoms. The standard InChI is InChI=1S/C23H32/c1-10-17-13-19(16-21(14-17)23(7,8)9)18(11-2)15-20(12-3)22(4,5)6/h10-16H,1-2H2,3-9H3/b18-15+,20-12+. The van der Waals surface area contributed by atoms with Crippen molar-refractivity contribution in [2.45, 2.75) is 53.9 Å². The molecule has 0 amide bonds. The molecule has 0 saturated heterocycles. The molecule has 0 aliphatic heterocycles. The minimum atomic E-state index is 0.105. The van der Waals surface area contributed by atoms with E-state index in [-0.39, 0.29) is 10.8 Å². The van der Waals surface area contributed by atoms with Crippen molar-refractivity contribution in [2.75, 3.05) is 0 Å². The van der Waals surface area contributed by atoms with Crippen molar-refractivity contribution in [3.05, 3.63) is 71.8 Å². The van der Waals surface area contributed by atoms with Crippen molar-refractivity contribution in [3.63, 3.8) is 0 Å². The maximum absolute atomic E-state index is 4.03. The maximum atomic E-state index is 4.03. The van der Waals surface area contributed by atoms with Crippen molar-refractivity contribution in [1.82, 2.24) is 0 Å². The molecule has 23 heavy (non-hydrogen) atoms.